The molecule has 0 fully saturated rings. The van der Waals surface area contributed by atoms with Crippen LogP contribution in [0, 0.1) is 0 Å². The number of rotatable bonds is 50. The first kappa shape index (κ1) is 61.8. The second kappa shape index (κ2) is 47.3. The lowest BCUT2D eigenvalue weighted by atomic mass is 10.0. The highest BCUT2D eigenvalue weighted by Gasteiger charge is 2.31. The van der Waals surface area contributed by atoms with Crippen LogP contribution in [0.25, 0.3) is 0 Å². The number of hydrogen-bond acceptors (Lipinski definition) is 6. The van der Waals surface area contributed by atoms with Gasteiger partial charge in [0.2, 0.25) is 0 Å². The Balaban J connectivity index is 4.18. The Bertz CT molecular complexity index is 1100. The highest BCUT2D eigenvalue weighted by atomic mass is 16.6. The Labute approximate surface area is 396 Å². The van der Waals surface area contributed by atoms with Gasteiger partial charge in [0.15, 0.2) is 12.1 Å². The molecule has 64 heavy (non-hydrogen) atoms. The summed E-state index contributed by atoms with van der Waals surface area (Å²) in [5, 5.41) is 9.66. The lowest BCUT2D eigenvalue weighted by molar-refractivity contribution is -0.887. The van der Waals surface area contributed by atoms with Gasteiger partial charge in [0.05, 0.1) is 34.4 Å². The second-order valence-corrected chi connectivity index (χ2v) is 19.8. The van der Waals surface area contributed by atoms with Gasteiger partial charge in [-0.2, -0.15) is 0 Å². The van der Waals surface area contributed by atoms with E-state index in [1.165, 1.54) is 180 Å². The molecule has 376 valence electrons. The third-order valence-corrected chi connectivity index (χ3v) is 12.6. The first-order valence-corrected chi connectivity index (χ1v) is 27.4. The van der Waals surface area contributed by atoms with Crippen molar-refractivity contribution in [2.24, 2.45) is 0 Å². The zero-order valence-corrected chi connectivity index (χ0v) is 43.0. The molecule has 0 heterocycles. The Morgan fingerprint density at radius 1 is 0.469 bits per heavy atom. The summed E-state index contributed by atoms with van der Waals surface area (Å²) in [6.07, 6.45) is 55.2. The second-order valence-electron chi connectivity index (χ2n) is 19.8. The number of hydrogen-bond donors (Lipinski definition) is 1. The standard InChI is InChI=1S/C56H105NO7/c1-6-8-10-12-14-16-18-20-22-24-25-26-27-28-29-31-32-34-36-38-40-42-44-46-54(58)63-51-52(50-62-49-48-53(56(60)61)57(3,4)5)64-55(59)47-45-43-41-39-37-35-33-30-23-21-19-17-15-13-11-9-7-2/h25-26,28-29,52-53H,6-24,27,30-51H2,1-5H3/p+1/b26-25+,29-28+. The van der Waals surface area contributed by atoms with E-state index in [9.17, 15) is 19.5 Å². The van der Waals surface area contributed by atoms with Crippen LogP contribution in [-0.2, 0) is 28.6 Å². The molecule has 0 spiro atoms. The number of carboxylic acids is 1. The van der Waals surface area contributed by atoms with Crippen molar-refractivity contribution in [2.75, 3.05) is 41.0 Å². The van der Waals surface area contributed by atoms with E-state index in [1.54, 1.807) is 0 Å². The van der Waals surface area contributed by atoms with Crippen molar-refractivity contribution in [2.45, 2.75) is 276 Å². The minimum atomic E-state index is -0.872. The van der Waals surface area contributed by atoms with Crippen LogP contribution in [-0.4, -0.2) is 80.6 Å². The zero-order chi connectivity index (χ0) is 47.0. The number of aliphatic carboxylic acids is 1. The molecule has 0 aromatic rings. The maximum Gasteiger partial charge on any atom is 0.362 e. The lowest BCUT2D eigenvalue weighted by Crippen LogP contribution is -2.50. The molecule has 0 aliphatic rings. The number of carboxylic acid groups (broad SMARTS) is 1. The molecule has 0 aromatic heterocycles. The average molecular weight is 905 g/mol. The number of likely N-dealkylation sites (N-methyl/N-ethyl adjacent to an activating group) is 1. The molecule has 0 saturated carbocycles. The first-order chi connectivity index (χ1) is 31.1. The smallest absolute Gasteiger partial charge is 0.362 e. The topological polar surface area (TPSA) is 99.1 Å². The highest BCUT2D eigenvalue weighted by Crippen LogP contribution is 2.17. The molecule has 0 aromatic carbocycles. The SMILES string of the molecule is CCCCCCCCCCC/C=C/C/C=C/CCCCCCCCCC(=O)OCC(COCCC(C(=O)O)[N+](C)(C)C)OC(=O)CCCCCCCCCCCCCCCCCCC. The molecule has 0 radical (unpaired) electrons. The minimum Gasteiger partial charge on any atom is -0.477 e. The van der Waals surface area contributed by atoms with Gasteiger partial charge < -0.3 is 23.8 Å². The van der Waals surface area contributed by atoms with Gasteiger partial charge >= 0.3 is 17.9 Å². The van der Waals surface area contributed by atoms with E-state index >= 15 is 0 Å². The summed E-state index contributed by atoms with van der Waals surface area (Å²) in [6, 6.07) is -0.614. The van der Waals surface area contributed by atoms with Crippen molar-refractivity contribution < 1.29 is 38.2 Å². The van der Waals surface area contributed by atoms with Crippen molar-refractivity contribution in [3.63, 3.8) is 0 Å². The fraction of sp³-hybridized carbons (Fsp3) is 0.875. The first-order valence-electron chi connectivity index (χ1n) is 27.4. The highest BCUT2D eigenvalue weighted by molar-refractivity contribution is 5.72. The Morgan fingerprint density at radius 2 is 0.828 bits per heavy atom. The van der Waals surface area contributed by atoms with E-state index in [2.05, 4.69) is 38.2 Å². The number of carbonyl (C=O) groups excluding carboxylic acids is 2. The molecule has 1 N–H and O–H groups in total. The molecule has 0 saturated heterocycles. The number of nitrogens with zero attached hydrogens (tertiary/aromatic N) is 1. The number of allylic oxidation sites excluding steroid dienone is 4. The molecule has 2 atom stereocenters. The monoisotopic (exact) mass is 905 g/mol. The van der Waals surface area contributed by atoms with Gasteiger partial charge in [-0.1, -0.05) is 224 Å². The van der Waals surface area contributed by atoms with Crippen LogP contribution in [0.2, 0.25) is 0 Å². The van der Waals surface area contributed by atoms with E-state index in [0.717, 1.165) is 51.4 Å². The summed E-state index contributed by atoms with van der Waals surface area (Å²) >= 11 is 0. The van der Waals surface area contributed by atoms with Crippen LogP contribution in [0.5, 0.6) is 0 Å². The molecule has 0 amide bonds. The van der Waals surface area contributed by atoms with E-state index in [-0.39, 0.29) is 36.2 Å². The van der Waals surface area contributed by atoms with Crippen molar-refractivity contribution in [1.29, 1.82) is 0 Å². The number of quaternary nitrogens is 1. The molecule has 2 unspecified atom stereocenters. The van der Waals surface area contributed by atoms with Crippen LogP contribution in [0.4, 0.5) is 0 Å². The molecular formula is C56H106NO7+. The number of carbonyl (C=O) groups is 3. The van der Waals surface area contributed by atoms with E-state index in [0.29, 0.717) is 19.3 Å². The number of unbranched alkanes of at least 4 members (excludes halogenated alkanes) is 32. The summed E-state index contributed by atoms with van der Waals surface area (Å²) in [5.74, 6) is -1.46. The fourth-order valence-corrected chi connectivity index (χ4v) is 8.36. The predicted molar refractivity (Wildman–Crippen MR) is 271 cm³/mol. The van der Waals surface area contributed by atoms with Gasteiger partial charge in [0.25, 0.3) is 0 Å². The molecule has 0 aliphatic carbocycles. The summed E-state index contributed by atoms with van der Waals surface area (Å²) in [7, 11) is 5.55. The van der Waals surface area contributed by atoms with Gasteiger partial charge in [-0.25, -0.2) is 4.79 Å². The predicted octanol–water partition coefficient (Wildman–Crippen LogP) is 16.0. The van der Waals surface area contributed by atoms with Crippen LogP contribution in [0.3, 0.4) is 0 Å². The fourth-order valence-electron chi connectivity index (χ4n) is 8.36. The third kappa shape index (κ3) is 45.0. The maximum atomic E-state index is 12.8. The number of ether oxygens (including phenoxy) is 3. The molecule has 8 heteroatoms. The normalized spacial score (nSPS) is 13.0. The maximum absolute atomic E-state index is 12.8. The van der Waals surface area contributed by atoms with Crippen LogP contribution >= 0.6 is 0 Å². The minimum absolute atomic E-state index is 0.0502. The Kier molecular flexibility index (Phi) is 45.7. The lowest BCUT2D eigenvalue weighted by Gasteiger charge is -2.31. The van der Waals surface area contributed by atoms with Crippen molar-refractivity contribution in [1.82, 2.24) is 0 Å². The summed E-state index contributed by atoms with van der Waals surface area (Å²) in [4.78, 5) is 37.2. The number of esters is 2. The molecule has 0 bridgehead atoms. The Morgan fingerprint density at radius 3 is 1.20 bits per heavy atom. The molecule has 0 rings (SSSR count). The average Bonchev–Trinajstić information content (AvgIpc) is 3.26. The van der Waals surface area contributed by atoms with Gasteiger partial charge in [-0.3, -0.25) is 9.59 Å². The summed E-state index contributed by atoms with van der Waals surface area (Å²) in [5.41, 5.74) is 0. The largest absolute Gasteiger partial charge is 0.477 e. The summed E-state index contributed by atoms with van der Waals surface area (Å²) in [6.45, 7) is 4.78. The Hall–Kier alpha value is -2.19. The van der Waals surface area contributed by atoms with Crippen molar-refractivity contribution in [3.8, 4) is 0 Å². The van der Waals surface area contributed by atoms with Gasteiger partial charge in [-0.15, -0.1) is 0 Å². The molecule has 0 aliphatic heterocycles. The van der Waals surface area contributed by atoms with Crippen LogP contribution < -0.4 is 0 Å². The van der Waals surface area contributed by atoms with E-state index in [4.69, 9.17) is 14.2 Å². The molecule has 8 nitrogen and oxygen atoms in total. The zero-order valence-electron chi connectivity index (χ0n) is 43.0. The summed E-state index contributed by atoms with van der Waals surface area (Å²) < 4.78 is 17.4. The van der Waals surface area contributed by atoms with Crippen LogP contribution in [0.15, 0.2) is 24.3 Å². The van der Waals surface area contributed by atoms with Gasteiger partial charge in [0.1, 0.15) is 6.61 Å². The quantitative estimate of drug-likeness (QED) is 0.0281. The van der Waals surface area contributed by atoms with Crippen molar-refractivity contribution >= 4 is 17.9 Å². The van der Waals surface area contributed by atoms with Gasteiger partial charge in [-0.05, 0) is 44.9 Å². The molecular weight excluding hydrogens is 799 g/mol. The van der Waals surface area contributed by atoms with E-state index in [1.807, 2.05) is 21.1 Å². The third-order valence-electron chi connectivity index (χ3n) is 12.6. The van der Waals surface area contributed by atoms with Gasteiger partial charge in [0, 0.05) is 19.3 Å². The van der Waals surface area contributed by atoms with Crippen molar-refractivity contribution in [3.05, 3.63) is 24.3 Å². The van der Waals surface area contributed by atoms with Crippen LogP contribution in [0.1, 0.15) is 264 Å². The van der Waals surface area contributed by atoms with E-state index < -0.39 is 18.1 Å².